The number of aryl methyl sites for hydroxylation is 1. The van der Waals surface area contributed by atoms with Gasteiger partial charge in [-0.2, -0.15) is 0 Å². The molecule has 1 aromatic heterocycles. The Kier molecular flexibility index (Phi) is 7.12. The highest BCUT2D eigenvalue weighted by atomic mass is 35.5. The molecule has 5 nitrogen and oxygen atoms in total. The van der Waals surface area contributed by atoms with Gasteiger partial charge in [0.05, 0.1) is 20.5 Å². The van der Waals surface area contributed by atoms with Gasteiger partial charge in [-0.15, -0.1) is 11.3 Å². The summed E-state index contributed by atoms with van der Waals surface area (Å²) in [6.07, 6.45) is 6.33. The van der Waals surface area contributed by atoms with Crippen LogP contribution in [0, 0.1) is 6.92 Å². The fourth-order valence-electron chi connectivity index (χ4n) is 3.91. The second-order valence-electron chi connectivity index (χ2n) is 8.07. The average Bonchev–Trinajstić information content (AvgIpc) is 3.16. The number of rotatable bonds is 6. The topological polar surface area (TPSA) is 70.2 Å². The highest BCUT2D eigenvalue weighted by Crippen LogP contribution is 2.29. The Balaban J connectivity index is 1.38. The molecule has 3 aromatic rings. The van der Waals surface area contributed by atoms with Crippen LogP contribution in [0.15, 0.2) is 54.6 Å². The zero-order valence-corrected chi connectivity index (χ0v) is 19.5. The summed E-state index contributed by atoms with van der Waals surface area (Å²) in [5, 5.41) is 10.3. The van der Waals surface area contributed by atoms with Gasteiger partial charge in [0.2, 0.25) is 0 Å². The van der Waals surface area contributed by atoms with E-state index in [4.69, 9.17) is 11.6 Å². The minimum absolute atomic E-state index is 0.196. The molecule has 1 saturated carbocycles. The van der Waals surface area contributed by atoms with Gasteiger partial charge < -0.3 is 16.0 Å². The zero-order valence-electron chi connectivity index (χ0n) is 17.9. The van der Waals surface area contributed by atoms with E-state index in [2.05, 4.69) is 16.0 Å². The number of carbonyl (C=O) groups excluding carboxylic acids is 2. The van der Waals surface area contributed by atoms with Crippen LogP contribution in [0.4, 0.5) is 16.4 Å². The molecular weight excluding hydrogens is 442 g/mol. The molecule has 1 heterocycles. The first kappa shape index (κ1) is 22.4. The van der Waals surface area contributed by atoms with Crippen LogP contribution in [0.25, 0.3) is 0 Å². The van der Waals surface area contributed by atoms with E-state index >= 15 is 0 Å². The summed E-state index contributed by atoms with van der Waals surface area (Å²) in [5.41, 5.74) is 3.01. The first-order chi connectivity index (χ1) is 15.5. The number of halogens is 1. The zero-order chi connectivity index (χ0) is 22.5. The second kappa shape index (κ2) is 10.2. The second-order valence-corrected chi connectivity index (χ2v) is 9.53. The van der Waals surface area contributed by atoms with Crippen molar-refractivity contribution in [1.29, 1.82) is 0 Å². The number of benzene rings is 2. The van der Waals surface area contributed by atoms with Crippen LogP contribution in [0.5, 0.6) is 0 Å². The molecule has 0 spiro atoms. The van der Waals surface area contributed by atoms with Crippen molar-refractivity contribution < 1.29 is 9.59 Å². The molecule has 2 aromatic carbocycles. The van der Waals surface area contributed by atoms with Gasteiger partial charge in [0.25, 0.3) is 11.8 Å². The Labute approximate surface area is 197 Å². The average molecular weight is 468 g/mol. The van der Waals surface area contributed by atoms with Crippen molar-refractivity contribution >= 4 is 51.1 Å². The molecule has 2 amide bonds. The molecule has 1 aliphatic carbocycles. The number of nitrogens with one attached hydrogen (secondary N) is 3. The van der Waals surface area contributed by atoms with Crippen LogP contribution < -0.4 is 16.0 Å². The van der Waals surface area contributed by atoms with Gasteiger partial charge in [-0.1, -0.05) is 43.0 Å². The third-order valence-corrected chi connectivity index (χ3v) is 7.08. The van der Waals surface area contributed by atoms with Gasteiger partial charge >= 0.3 is 0 Å². The van der Waals surface area contributed by atoms with E-state index in [1.54, 1.807) is 30.3 Å². The molecule has 7 heteroatoms. The molecule has 166 valence electrons. The summed E-state index contributed by atoms with van der Waals surface area (Å²) in [6.45, 7) is 1.85. The highest BCUT2D eigenvalue weighted by molar-refractivity contribution is 7.18. The largest absolute Gasteiger partial charge is 0.382 e. The molecule has 4 rings (SSSR count). The van der Waals surface area contributed by atoms with E-state index in [-0.39, 0.29) is 11.8 Å². The number of thiophene rings is 1. The van der Waals surface area contributed by atoms with Crippen LogP contribution in [0.2, 0.25) is 5.02 Å². The van der Waals surface area contributed by atoms with Crippen molar-refractivity contribution in [2.45, 2.75) is 45.1 Å². The molecule has 0 saturated heterocycles. The van der Waals surface area contributed by atoms with Gasteiger partial charge in [-0.05, 0) is 67.8 Å². The molecular formula is C25H26ClN3O2S. The van der Waals surface area contributed by atoms with Gasteiger partial charge in [0.1, 0.15) is 0 Å². The monoisotopic (exact) mass is 467 g/mol. The first-order valence-corrected chi connectivity index (χ1v) is 12.0. The molecule has 0 bridgehead atoms. The third-order valence-electron chi connectivity index (χ3n) is 5.60. The maximum Gasteiger partial charge on any atom is 0.266 e. The summed E-state index contributed by atoms with van der Waals surface area (Å²) < 4.78 is 0. The fourth-order valence-corrected chi connectivity index (χ4v) is 5.10. The Morgan fingerprint density at radius 2 is 1.59 bits per heavy atom. The van der Waals surface area contributed by atoms with Crippen molar-refractivity contribution in [1.82, 2.24) is 0 Å². The maximum absolute atomic E-state index is 12.8. The maximum atomic E-state index is 12.8. The first-order valence-electron chi connectivity index (χ1n) is 10.8. The molecule has 32 heavy (non-hydrogen) atoms. The van der Waals surface area contributed by atoms with Crippen LogP contribution in [-0.4, -0.2) is 17.9 Å². The van der Waals surface area contributed by atoms with Crippen LogP contribution in [-0.2, 0) is 0 Å². The lowest BCUT2D eigenvalue weighted by Crippen LogP contribution is -2.22. The molecule has 0 atom stereocenters. The molecule has 0 radical (unpaired) electrons. The van der Waals surface area contributed by atoms with Crippen molar-refractivity contribution in [3.63, 3.8) is 0 Å². The number of carbonyl (C=O) groups is 2. The van der Waals surface area contributed by atoms with Crippen molar-refractivity contribution in [2.24, 2.45) is 0 Å². The summed E-state index contributed by atoms with van der Waals surface area (Å²) in [7, 11) is 0. The number of hydrogen-bond acceptors (Lipinski definition) is 4. The molecule has 1 aliphatic rings. The minimum Gasteiger partial charge on any atom is -0.382 e. The summed E-state index contributed by atoms with van der Waals surface area (Å²) in [5.74, 6) is -0.497. The van der Waals surface area contributed by atoms with E-state index in [1.807, 2.05) is 31.2 Å². The Morgan fingerprint density at radius 1 is 0.906 bits per heavy atom. The standard InChI is InChI=1S/C25H26ClN3O2S/c1-16-15-22(29-24(30)20-9-5-6-10-21(20)26)32-23(16)25(31)28-19-13-11-18(12-14-19)27-17-7-3-2-4-8-17/h5-6,9-15,17,27H,2-4,7-8H2,1H3,(H,28,31)(H,29,30). The van der Waals surface area contributed by atoms with E-state index < -0.39 is 0 Å². The Morgan fingerprint density at radius 3 is 2.31 bits per heavy atom. The Bertz CT molecular complexity index is 1100. The third kappa shape index (κ3) is 5.50. The predicted octanol–water partition coefficient (Wildman–Crippen LogP) is 6.96. The summed E-state index contributed by atoms with van der Waals surface area (Å²) in [6, 6.07) is 17.0. The van der Waals surface area contributed by atoms with Gasteiger partial charge in [0.15, 0.2) is 0 Å². The summed E-state index contributed by atoms with van der Waals surface area (Å²) >= 11 is 7.34. The van der Waals surface area contributed by atoms with E-state index in [9.17, 15) is 9.59 Å². The predicted molar refractivity (Wildman–Crippen MR) is 133 cm³/mol. The lowest BCUT2D eigenvalue weighted by Gasteiger charge is -2.23. The number of anilines is 3. The van der Waals surface area contributed by atoms with Crippen LogP contribution in [0.1, 0.15) is 57.7 Å². The lowest BCUT2D eigenvalue weighted by molar-refractivity contribution is 0.102. The van der Waals surface area contributed by atoms with E-state index in [1.165, 1.54) is 43.4 Å². The van der Waals surface area contributed by atoms with Crippen molar-refractivity contribution in [3.8, 4) is 0 Å². The van der Waals surface area contributed by atoms with Crippen molar-refractivity contribution in [2.75, 3.05) is 16.0 Å². The van der Waals surface area contributed by atoms with Crippen LogP contribution >= 0.6 is 22.9 Å². The Hall–Kier alpha value is -2.83. The molecule has 1 fully saturated rings. The van der Waals surface area contributed by atoms with E-state index in [0.717, 1.165) is 16.9 Å². The van der Waals surface area contributed by atoms with Crippen molar-refractivity contribution in [3.05, 3.63) is 75.6 Å². The normalized spacial score (nSPS) is 14.1. The molecule has 0 aliphatic heterocycles. The lowest BCUT2D eigenvalue weighted by atomic mass is 9.95. The fraction of sp³-hybridized carbons (Fsp3) is 0.280. The number of hydrogen-bond donors (Lipinski definition) is 3. The molecule has 0 unspecified atom stereocenters. The van der Waals surface area contributed by atoms with Gasteiger partial charge in [-0.25, -0.2) is 0 Å². The SMILES string of the molecule is Cc1cc(NC(=O)c2ccccc2Cl)sc1C(=O)Nc1ccc(NC2CCCCC2)cc1. The van der Waals surface area contributed by atoms with Gasteiger partial charge in [0, 0.05) is 17.4 Å². The quantitative estimate of drug-likeness (QED) is 0.367. The van der Waals surface area contributed by atoms with Crippen LogP contribution in [0.3, 0.4) is 0 Å². The van der Waals surface area contributed by atoms with Gasteiger partial charge in [-0.3, -0.25) is 9.59 Å². The highest BCUT2D eigenvalue weighted by Gasteiger charge is 2.17. The van der Waals surface area contributed by atoms with E-state index in [0.29, 0.717) is 26.5 Å². The smallest absolute Gasteiger partial charge is 0.266 e. The number of amides is 2. The molecule has 3 N–H and O–H groups in total. The summed E-state index contributed by atoms with van der Waals surface area (Å²) in [4.78, 5) is 25.9. The minimum atomic E-state index is -0.301.